The number of halogens is 4. The van der Waals surface area contributed by atoms with Crippen molar-refractivity contribution in [3.63, 3.8) is 0 Å². The van der Waals surface area contributed by atoms with E-state index in [1.165, 1.54) is 0 Å². The molecule has 0 aliphatic heterocycles. The Kier molecular flexibility index (Phi) is 864. The van der Waals surface area contributed by atoms with Crippen molar-refractivity contribution in [2.24, 2.45) is 0 Å². The number of hydrogen-bond acceptors (Lipinski definition) is 0. The molecule has 0 saturated heterocycles. The van der Waals surface area contributed by atoms with Crippen LogP contribution in [-0.2, 0) is 21.7 Å². The molecule has 0 aromatic heterocycles. The van der Waals surface area contributed by atoms with Gasteiger partial charge in [0.1, 0.15) is 0 Å². The first-order chi connectivity index (χ1) is 4.00. The van der Waals surface area contributed by atoms with Gasteiger partial charge in [-0.1, -0.05) is 0 Å². The predicted molar refractivity (Wildman–Crippen MR) is 40.7 cm³/mol. The van der Waals surface area contributed by atoms with Gasteiger partial charge in [0.25, 0.3) is 0 Å². The van der Waals surface area contributed by atoms with Crippen LogP contribution in [0, 0.1) is 0 Å². The third-order valence-corrected chi connectivity index (χ3v) is 0. The predicted octanol–water partition coefficient (Wildman–Crippen LogP) is 4.77. The second kappa shape index (κ2) is 251. The molecule has 0 unspecified atom stereocenters. The second-order valence-electron chi connectivity index (χ2n) is 0. The summed E-state index contributed by atoms with van der Waals surface area (Å²) >= 11 is 15.6. The summed E-state index contributed by atoms with van der Waals surface area (Å²) in [7, 11) is 0. The third kappa shape index (κ3) is 197. The Morgan fingerprint density at radius 3 is 0.444 bits per heavy atom. The van der Waals surface area contributed by atoms with Crippen molar-refractivity contribution in [1.29, 1.82) is 0 Å². The van der Waals surface area contributed by atoms with Crippen LogP contribution < -0.4 is 0 Å². The van der Waals surface area contributed by atoms with Crippen LogP contribution in [0.25, 0.3) is 21.0 Å². The average molecular weight is 250 g/mol. The van der Waals surface area contributed by atoms with Crippen LogP contribution >= 0.6 is 47.1 Å². The Morgan fingerprint density at radius 2 is 0.444 bits per heavy atom. The van der Waals surface area contributed by atoms with Crippen LogP contribution in [0.1, 0.15) is 0 Å². The molecule has 4 nitrogen and oxygen atoms in total. The Labute approximate surface area is 89.4 Å². The zero-order chi connectivity index (χ0) is 8.00. The summed E-state index contributed by atoms with van der Waals surface area (Å²) in [6.07, 6.45) is 0. The number of nitrogens with one attached hydrogen (secondary N) is 4. The molecular formula is H4Cl4N4Ti. The fraction of sp³-hybridized carbons (Fsp3) is 0. The molecule has 0 aliphatic carbocycles. The van der Waals surface area contributed by atoms with E-state index in [0.29, 0.717) is 0 Å². The Balaban J connectivity index is -0.00000000762. The molecule has 0 amide bonds. The van der Waals surface area contributed by atoms with E-state index >= 15 is 0 Å². The normalized spacial score (nSPS) is 2.67. The Bertz CT molecular complexity index is 12.5. The molecule has 9 heteroatoms. The van der Waals surface area contributed by atoms with Crippen molar-refractivity contribution in [3.8, 4) is 0 Å². The minimum Gasteiger partial charge on any atom is -0.590 e. The van der Waals surface area contributed by atoms with Crippen molar-refractivity contribution >= 4 is 47.1 Å². The smallest absolute Gasteiger partial charge is 0.590 e. The van der Waals surface area contributed by atoms with Gasteiger partial charge in [0, 0.05) is 0 Å². The first-order valence-corrected chi connectivity index (χ1v) is 2.27. The Hall–Kier alpha value is 1.71. The van der Waals surface area contributed by atoms with Gasteiger partial charge in [0.15, 0.2) is 0 Å². The van der Waals surface area contributed by atoms with Gasteiger partial charge in [-0.15, -0.1) is 0 Å². The largest absolute Gasteiger partial charge is 4.00 e. The van der Waals surface area contributed by atoms with Gasteiger partial charge in [-0.25, -0.2) is 0 Å². The number of rotatable bonds is 0. The summed E-state index contributed by atoms with van der Waals surface area (Å²) in [6, 6.07) is 0. The van der Waals surface area contributed by atoms with Crippen molar-refractivity contribution in [2.45, 2.75) is 0 Å². The zero-order valence-corrected chi connectivity index (χ0v) is 8.60. The van der Waals surface area contributed by atoms with Crippen molar-refractivity contribution in [2.75, 3.05) is 0 Å². The summed E-state index contributed by atoms with van der Waals surface area (Å²) < 4.78 is 0. The number of hydrogen-bond donors (Lipinski definition) is 0. The van der Waals surface area contributed by atoms with E-state index in [4.69, 9.17) is 21.0 Å². The standard InChI is InChI=1S/4ClHN.Ti/c4*1-2;/h4*2H;/q4*-1;+4. The van der Waals surface area contributed by atoms with Crippen LogP contribution in [-0.4, -0.2) is 0 Å². The summed E-state index contributed by atoms with van der Waals surface area (Å²) in [5.41, 5.74) is 0. The molecule has 4 N–H and O–H groups in total. The molecule has 0 fully saturated rings. The van der Waals surface area contributed by atoms with Gasteiger partial charge < -0.3 is 21.0 Å². The quantitative estimate of drug-likeness (QED) is 0.553. The second-order valence-corrected chi connectivity index (χ2v) is 0. The maximum atomic E-state index is 5.22. The zero-order valence-electron chi connectivity index (χ0n) is 4.01. The van der Waals surface area contributed by atoms with Crippen LogP contribution in [0.2, 0.25) is 0 Å². The molecule has 0 aliphatic rings. The minimum atomic E-state index is 0. The van der Waals surface area contributed by atoms with E-state index in [2.05, 4.69) is 47.1 Å². The molecule has 0 bridgehead atoms. The third-order valence-electron chi connectivity index (χ3n) is 0. The molecule has 0 atom stereocenters. The molecule has 9 heavy (non-hydrogen) atoms. The van der Waals surface area contributed by atoms with Gasteiger partial charge in [0.2, 0.25) is 0 Å². The first-order valence-electron chi connectivity index (χ1n) is 0.756. The van der Waals surface area contributed by atoms with E-state index in [1.807, 2.05) is 0 Å². The van der Waals surface area contributed by atoms with E-state index in [9.17, 15) is 0 Å². The van der Waals surface area contributed by atoms with E-state index < -0.39 is 0 Å². The molecule has 0 aromatic rings. The van der Waals surface area contributed by atoms with E-state index in [1.54, 1.807) is 0 Å². The van der Waals surface area contributed by atoms with E-state index in [-0.39, 0.29) is 21.7 Å². The Morgan fingerprint density at radius 1 is 0.444 bits per heavy atom. The molecule has 0 aromatic carbocycles. The van der Waals surface area contributed by atoms with Crippen molar-refractivity contribution in [3.05, 3.63) is 21.0 Å². The van der Waals surface area contributed by atoms with Crippen LogP contribution in [0.5, 0.6) is 0 Å². The van der Waals surface area contributed by atoms with Gasteiger partial charge in [0.05, 0.1) is 0 Å². The first kappa shape index (κ1) is 31.0. The van der Waals surface area contributed by atoms with Gasteiger partial charge >= 0.3 is 21.7 Å². The van der Waals surface area contributed by atoms with Gasteiger partial charge in [-0.05, 0) is 0 Å². The topological polar surface area (TPSA) is 95.2 Å². The van der Waals surface area contributed by atoms with E-state index in [0.717, 1.165) is 0 Å². The SMILES string of the molecule is [NH-]Cl.[NH-]Cl.[NH-]Cl.[NH-]Cl.[Ti+4]. The molecular weight excluding hydrogens is 246 g/mol. The maximum absolute atomic E-state index is 5.22. The molecule has 56 valence electrons. The van der Waals surface area contributed by atoms with Crippen molar-refractivity contribution < 1.29 is 21.7 Å². The molecule has 0 heterocycles. The van der Waals surface area contributed by atoms with Gasteiger partial charge in [-0.3, -0.25) is 47.1 Å². The maximum Gasteiger partial charge on any atom is 4.00 e. The molecule has 0 rings (SSSR count). The molecule has 0 saturated carbocycles. The summed E-state index contributed by atoms with van der Waals surface area (Å²) in [6.45, 7) is 0. The average Bonchev–Trinajstić information content (AvgIpc) is 2.03. The van der Waals surface area contributed by atoms with Crippen LogP contribution in [0.15, 0.2) is 0 Å². The van der Waals surface area contributed by atoms with Gasteiger partial charge in [-0.2, -0.15) is 0 Å². The van der Waals surface area contributed by atoms with Crippen molar-refractivity contribution in [1.82, 2.24) is 0 Å². The summed E-state index contributed by atoms with van der Waals surface area (Å²) in [4.78, 5) is 0. The fourth-order valence-corrected chi connectivity index (χ4v) is 0. The minimum absolute atomic E-state index is 0. The van der Waals surface area contributed by atoms with Crippen LogP contribution in [0.4, 0.5) is 0 Å². The fourth-order valence-electron chi connectivity index (χ4n) is 0. The summed E-state index contributed by atoms with van der Waals surface area (Å²) in [5.74, 6) is 0. The molecule has 0 radical (unpaired) electrons. The summed E-state index contributed by atoms with van der Waals surface area (Å²) in [5, 5.41) is 20.9. The monoisotopic (exact) mass is 248 g/mol. The molecule has 0 spiro atoms. The van der Waals surface area contributed by atoms with Crippen LogP contribution in [0.3, 0.4) is 0 Å².